The number of aromatic hydroxyl groups is 2. The predicted octanol–water partition coefficient (Wildman–Crippen LogP) is -1.17. The average Bonchev–Trinajstić information content (AvgIpc) is 2.94. The van der Waals surface area contributed by atoms with Gasteiger partial charge < -0.3 is 64.5 Å². The van der Waals surface area contributed by atoms with E-state index in [0.29, 0.717) is 5.56 Å². The van der Waals surface area contributed by atoms with Gasteiger partial charge in [0, 0.05) is 12.1 Å². The van der Waals surface area contributed by atoms with Crippen molar-refractivity contribution in [1.29, 1.82) is 0 Å². The van der Waals surface area contributed by atoms with Crippen LogP contribution in [0.2, 0.25) is 0 Å². The highest BCUT2D eigenvalue weighted by molar-refractivity contribution is 6.02. The van der Waals surface area contributed by atoms with Gasteiger partial charge in [0.15, 0.2) is 18.2 Å². The lowest BCUT2D eigenvalue weighted by atomic mass is 9.95. The number of hydrogen-bond donors (Lipinski definition) is 8. The summed E-state index contributed by atoms with van der Waals surface area (Å²) >= 11 is 0. The molecule has 2 aromatic rings. The van der Waals surface area contributed by atoms with Crippen molar-refractivity contribution in [1.82, 2.24) is 0 Å². The lowest BCUT2D eigenvalue weighted by Crippen LogP contribution is -2.64. The van der Waals surface area contributed by atoms with Crippen LogP contribution in [0.5, 0.6) is 23.0 Å². The number of benzene rings is 2. The van der Waals surface area contributed by atoms with Crippen LogP contribution in [0.25, 0.3) is 0 Å². The van der Waals surface area contributed by atoms with E-state index in [1.165, 1.54) is 25.1 Å². The Hall–Kier alpha value is -3.05. The normalized spacial score (nSPS) is 37.2. The number of rotatable bonds is 6. The van der Waals surface area contributed by atoms with Crippen LogP contribution in [0.3, 0.4) is 0 Å². The molecule has 5 rings (SSSR count). The van der Waals surface area contributed by atoms with E-state index in [2.05, 4.69) is 0 Å². The third kappa shape index (κ3) is 5.70. The number of hydrogen-bond acceptors (Lipinski definition) is 14. The lowest BCUT2D eigenvalue weighted by molar-refractivity contribution is -0.354. The van der Waals surface area contributed by atoms with Crippen LogP contribution in [0.1, 0.15) is 35.4 Å². The molecule has 2 saturated heterocycles. The second kappa shape index (κ2) is 11.7. The monoisotopic (exact) mass is 580 g/mol. The van der Waals surface area contributed by atoms with Gasteiger partial charge in [0.25, 0.3) is 0 Å². The van der Waals surface area contributed by atoms with Crippen molar-refractivity contribution in [2.24, 2.45) is 0 Å². The van der Waals surface area contributed by atoms with Crippen molar-refractivity contribution in [3.63, 3.8) is 0 Å². The van der Waals surface area contributed by atoms with Crippen LogP contribution in [-0.4, -0.2) is 115 Å². The van der Waals surface area contributed by atoms with E-state index in [9.17, 15) is 45.6 Å². The van der Waals surface area contributed by atoms with Crippen molar-refractivity contribution in [2.45, 2.75) is 80.9 Å². The largest absolute Gasteiger partial charge is 0.508 e. The SMILES string of the molecule is C[C@H]1O[C@H](O[C@H]2[C@H](Oc3cc(O)c4c(c3)O[C@H](c3ccc(O)cc3)CC4=O)O[C@H](CO)[C@@H](O)[C@@H]2O)[C@H](O)[C@@H](O)[C@H]1O. The predicted molar refractivity (Wildman–Crippen MR) is 134 cm³/mol. The molecule has 3 aliphatic rings. The van der Waals surface area contributed by atoms with Crippen molar-refractivity contribution in [2.75, 3.05) is 6.61 Å². The summed E-state index contributed by atoms with van der Waals surface area (Å²) in [4.78, 5) is 12.9. The van der Waals surface area contributed by atoms with E-state index in [-0.39, 0.29) is 29.2 Å². The van der Waals surface area contributed by atoms with Crippen molar-refractivity contribution < 1.29 is 69.3 Å². The summed E-state index contributed by atoms with van der Waals surface area (Å²) < 4.78 is 28.6. The number of phenols is 2. The number of aliphatic hydroxyl groups excluding tert-OH is 6. The molecule has 3 aliphatic heterocycles. The number of Topliss-reactive ketones (excluding diaryl/α,β-unsaturated/α-hetero) is 1. The molecule has 0 bridgehead atoms. The van der Waals surface area contributed by atoms with Gasteiger partial charge in [-0.1, -0.05) is 12.1 Å². The second-order valence-corrected chi connectivity index (χ2v) is 10.2. The Morgan fingerprint density at radius 1 is 0.878 bits per heavy atom. The second-order valence-electron chi connectivity index (χ2n) is 10.2. The first kappa shape index (κ1) is 29.4. The standard InChI is InChI=1S/C27H32O14/c1-10-20(32)22(34)24(36)26(37-10)41-25-23(35)21(33)18(9-28)40-27(25)38-13-6-14(30)19-15(31)8-16(39-17(19)7-13)11-2-4-12(29)5-3-11/h2-7,10,16,18,20-30,32-36H,8-9H2,1H3/t10-,16+,18-,20+,21-,22+,23+,24-,25-,26-,27-/m1/s1. The number of carbonyl (C=O) groups is 1. The summed E-state index contributed by atoms with van der Waals surface area (Å²) in [6.45, 7) is 0.716. The fourth-order valence-corrected chi connectivity index (χ4v) is 5.07. The zero-order chi connectivity index (χ0) is 29.6. The van der Waals surface area contributed by atoms with E-state index < -0.39 is 85.7 Å². The van der Waals surface area contributed by atoms with Crippen molar-refractivity contribution in [3.8, 4) is 23.0 Å². The van der Waals surface area contributed by atoms with E-state index in [4.69, 9.17) is 23.7 Å². The highest BCUT2D eigenvalue weighted by Crippen LogP contribution is 2.43. The van der Waals surface area contributed by atoms with Crippen LogP contribution in [-0.2, 0) is 14.2 Å². The third-order valence-corrected chi connectivity index (χ3v) is 7.42. The van der Waals surface area contributed by atoms with Gasteiger partial charge in [-0.05, 0) is 24.6 Å². The van der Waals surface area contributed by atoms with Crippen LogP contribution in [0.4, 0.5) is 0 Å². The minimum Gasteiger partial charge on any atom is -0.508 e. The van der Waals surface area contributed by atoms with Crippen LogP contribution >= 0.6 is 0 Å². The zero-order valence-corrected chi connectivity index (χ0v) is 21.8. The van der Waals surface area contributed by atoms with E-state index in [1.807, 2.05) is 0 Å². The smallest absolute Gasteiger partial charge is 0.229 e. The van der Waals surface area contributed by atoms with Crippen LogP contribution in [0, 0.1) is 0 Å². The minimum atomic E-state index is -1.75. The van der Waals surface area contributed by atoms with Crippen LogP contribution < -0.4 is 9.47 Å². The Bertz CT molecular complexity index is 1240. The molecule has 14 heteroatoms. The maximum atomic E-state index is 12.9. The first-order valence-electron chi connectivity index (χ1n) is 13.0. The molecule has 224 valence electrons. The topological polar surface area (TPSA) is 225 Å². The molecule has 3 heterocycles. The fourth-order valence-electron chi connectivity index (χ4n) is 5.07. The molecule has 0 saturated carbocycles. The first-order valence-corrected chi connectivity index (χ1v) is 13.0. The number of aliphatic hydroxyl groups is 6. The van der Waals surface area contributed by atoms with Gasteiger partial charge in [-0.2, -0.15) is 0 Å². The van der Waals surface area contributed by atoms with Gasteiger partial charge in [0.2, 0.25) is 6.29 Å². The molecule has 0 aliphatic carbocycles. The summed E-state index contributed by atoms with van der Waals surface area (Å²) in [7, 11) is 0. The Morgan fingerprint density at radius 2 is 1.59 bits per heavy atom. The third-order valence-electron chi connectivity index (χ3n) is 7.42. The van der Waals surface area contributed by atoms with Gasteiger partial charge in [0.1, 0.15) is 71.3 Å². The average molecular weight is 581 g/mol. The van der Waals surface area contributed by atoms with Gasteiger partial charge >= 0.3 is 0 Å². The molecule has 2 fully saturated rings. The number of carbonyl (C=O) groups excluding carboxylic acids is 1. The molecule has 11 atom stereocenters. The van der Waals surface area contributed by atoms with Crippen molar-refractivity contribution >= 4 is 5.78 Å². The molecule has 14 nitrogen and oxygen atoms in total. The lowest BCUT2D eigenvalue weighted by Gasteiger charge is -2.45. The number of ketones is 1. The maximum absolute atomic E-state index is 12.9. The molecule has 8 N–H and O–H groups in total. The van der Waals surface area contributed by atoms with Crippen LogP contribution in [0.15, 0.2) is 36.4 Å². The molecule has 0 amide bonds. The molecular formula is C27H32O14. The van der Waals surface area contributed by atoms with E-state index >= 15 is 0 Å². The highest BCUT2D eigenvalue weighted by atomic mass is 16.8. The minimum absolute atomic E-state index is 0.0149. The molecule has 0 unspecified atom stereocenters. The number of fused-ring (bicyclic) bond motifs is 1. The molecular weight excluding hydrogens is 548 g/mol. The summed E-state index contributed by atoms with van der Waals surface area (Å²) in [6, 6.07) is 8.50. The summed E-state index contributed by atoms with van der Waals surface area (Å²) in [5.41, 5.74) is 0.529. The summed E-state index contributed by atoms with van der Waals surface area (Å²) in [5.74, 6) is -0.947. The molecule has 0 aromatic heterocycles. The van der Waals surface area contributed by atoms with Gasteiger partial charge in [0.05, 0.1) is 19.1 Å². The maximum Gasteiger partial charge on any atom is 0.229 e. The fraction of sp³-hybridized carbons (Fsp3) is 0.519. The molecule has 2 aromatic carbocycles. The number of phenolic OH excluding ortho intramolecular Hbond substituents is 2. The van der Waals surface area contributed by atoms with Gasteiger partial charge in [-0.25, -0.2) is 0 Å². The Morgan fingerprint density at radius 3 is 2.27 bits per heavy atom. The molecule has 0 spiro atoms. The summed E-state index contributed by atoms with van der Waals surface area (Å²) in [6.07, 6.45) is -16.0. The van der Waals surface area contributed by atoms with Gasteiger partial charge in [-0.15, -0.1) is 0 Å². The number of ether oxygens (including phenoxy) is 5. The quantitative estimate of drug-likeness (QED) is 0.202. The molecule has 41 heavy (non-hydrogen) atoms. The summed E-state index contributed by atoms with van der Waals surface area (Å²) in [5, 5.41) is 81.6. The zero-order valence-electron chi connectivity index (χ0n) is 21.8. The van der Waals surface area contributed by atoms with E-state index in [1.54, 1.807) is 12.1 Å². The van der Waals surface area contributed by atoms with Crippen molar-refractivity contribution in [3.05, 3.63) is 47.5 Å². The van der Waals surface area contributed by atoms with Gasteiger partial charge in [-0.3, -0.25) is 4.79 Å². The Balaban J connectivity index is 1.41. The Kier molecular flexibility index (Phi) is 8.39. The van der Waals surface area contributed by atoms with E-state index in [0.717, 1.165) is 6.07 Å². The first-order chi connectivity index (χ1) is 19.5. The molecule has 0 radical (unpaired) electrons. The Labute approximate surface area is 233 Å². The highest BCUT2D eigenvalue weighted by Gasteiger charge is 2.51.